The Balaban J connectivity index is 1.49. The molecule has 2 aromatic rings. The van der Waals surface area contributed by atoms with Crippen molar-refractivity contribution >= 4 is 29.1 Å². The van der Waals surface area contributed by atoms with Crippen LogP contribution in [0.3, 0.4) is 0 Å². The SMILES string of the molecule is O=C(Nc1ccc(Cl)cc1)[C@@H]1CCCN1C(=O)c1ccc2c(c1)OCO2. The number of ether oxygens (including phenoxy) is 2. The molecule has 0 radical (unpaired) electrons. The normalized spacial score (nSPS) is 18.0. The van der Waals surface area contributed by atoms with Crippen molar-refractivity contribution in [1.29, 1.82) is 0 Å². The van der Waals surface area contributed by atoms with Gasteiger partial charge < -0.3 is 19.7 Å². The van der Waals surface area contributed by atoms with Crippen LogP contribution in [0, 0.1) is 0 Å². The standard InChI is InChI=1S/C19H17ClN2O4/c20-13-4-6-14(7-5-13)21-18(23)15-2-1-9-22(15)19(24)12-3-8-16-17(10-12)26-11-25-16/h3-8,10,15H,1-2,9,11H2,(H,21,23)/t15-/m0/s1. The number of hydrogen-bond acceptors (Lipinski definition) is 4. The van der Waals surface area contributed by atoms with Crippen LogP contribution in [0.5, 0.6) is 11.5 Å². The summed E-state index contributed by atoms with van der Waals surface area (Å²) in [5, 5.41) is 3.45. The lowest BCUT2D eigenvalue weighted by molar-refractivity contribution is -0.119. The summed E-state index contributed by atoms with van der Waals surface area (Å²) >= 11 is 5.86. The van der Waals surface area contributed by atoms with Crippen LogP contribution < -0.4 is 14.8 Å². The minimum absolute atomic E-state index is 0.156. The Morgan fingerprint density at radius 3 is 2.65 bits per heavy atom. The fourth-order valence-electron chi connectivity index (χ4n) is 3.24. The zero-order valence-electron chi connectivity index (χ0n) is 13.9. The molecule has 2 heterocycles. The average molecular weight is 373 g/mol. The summed E-state index contributed by atoms with van der Waals surface area (Å²) in [6, 6.07) is 11.5. The van der Waals surface area contributed by atoms with Gasteiger partial charge in [0, 0.05) is 22.8 Å². The molecule has 1 N–H and O–H groups in total. The molecule has 134 valence electrons. The van der Waals surface area contributed by atoms with Crippen molar-refractivity contribution < 1.29 is 19.1 Å². The molecule has 2 amide bonds. The van der Waals surface area contributed by atoms with Crippen LogP contribution in [0.15, 0.2) is 42.5 Å². The third-order valence-electron chi connectivity index (χ3n) is 4.55. The molecule has 0 unspecified atom stereocenters. The van der Waals surface area contributed by atoms with Gasteiger partial charge in [-0.1, -0.05) is 11.6 Å². The molecule has 26 heavy (non-hydrogen) atoms. The predicted molar refractivity (Wildman–Crippen MR) is 96.7 cm³/mol. The zero-order chi connectivity index (χ0) is 18.1. The van der Waals surface area contributed by atoms with Gasteiger partial charge in [-0.05, 0) is 55.3 Å². The van der Waals surface area contributed by atoms with Gasteiger partial charge in [0.1, 0.15) is 6.04 Å². The highest BCUT2D eigenvalue weighted by atomic mass is 35.5. The van der Waals surface area contributed by atoms with E-state index >= 15 is 0 Å². The molecule has 2 aliphatic rings. The summed E-state index contributed by atoms with van der Waals surface area (Å²) in [7, 11) is 0. The van der Waals surface area contributed by atoms with E-state index in [4.69, 9.17) is 21.1 Å². The maximum Gasteiger partial charge on any atom is 0.254 e. The maximum absolute atomic E-state index is 12.9. The number of benzene rings is 2. The number of amides is 2. The highest BCUT2D eigenvalue weighted by molar-refractivity contribution is 6.30. The third-order valence-corrected chi connectivity index (χ3v) is 4.80. The van der Waals surface area contributed by atoms with E-state index in [2.05, 4.69) is 5.32 Å². The van der Waals surface area contributed by atoms with Gasteiger partial charge in [-0.25, -0.2) is 0 Å². The largest absolute Gasteiger partial charge is 0.454 e. The van der Waals surface area contributed by atoms with Gasteiger partial charge in [0.2, 0.25) is 12.7 Å². The number of anilines is 1. The fourth-order valence-corrected chi connectivity index (χ4v) is 3.36. The molecule has 6 nitrogen and oxygen atoms in total. The fraction of sp³-hybridized carbons (Fsp3) is 0.263. The van der Waals surface area contributed by atoms with Gasteiger partial charge in [-0.15, -0.1) is 0 Å². The molecule has 2 aromatic carbocycles. The van der Waals surface area contributed by atoms with Crippen LogP contribution >= 0.6 is 11.6 Å². The first-order valence-electron chi connectivity index (χ1n) is 8.39. The minimum atomic E-state index is -0.497. The van der Waals surface area contributed by atoms with E-state index in [9.17, 15) is 9.59 Å². The summed E-state index contributed by atoms with van der Waals surface area (Å²) in [5.74, 6) is 0.799. The number of rotatable bonds is 3. The van der Waals surface area contributed by atoms with Gasteiger partial charge in [-0.2, -0.15) is 0 Å². The van der Waals surface area contributed by atoms with Gasteiger partial charge >= 0.3 is 0 Å². The first kappa shape index (κ1) is 16.7. The van der Waals surface area contributed by atoms with Crippen molar-refractivity contribution in [3.05, 3.63) is 53.1 Å². The number of fused-ring (bicyclic) bond motifs is 1. The first-order chi connectivity index (χ1) is 12.6. The van der Waals surface area contributed by atoms with Crippen LogP contribution in [-0.2, 0) is 4.79 Å². The Bertz CT molecular complexity index is 853. The summed E-state index contributed by atoms with van der Waals surface area (Å²) in [4.78, 5) is 27.2. The Morgan fingerprint density at radius 1 is 1.08 bits per heavy atom. The highest BCUT2D eigenvalue weighted by Gasteiger charge is 2.35. The predicted octanol–water partition coefficient (Wildman–Crippen LogP) is 3.31. The Labute approximate surface area is 155 Å². The highest BCUT2D eigenvalue weighted by Crippen LogP contribution is 2.33. The number of likely N-dealkylation sites (tertiary alicyclic amines) is 1. The molecule has 1 saturated heterocycles. The molecule has 7 heteroatoms. The molecule has 1 atom stereocenters. The smallest absolute Gasteiger partial charge is 0.254 e. The summed E-state index contributed by atoms with van der Waals surface area (Å²) < 4.78 is 10.6. The molecular weight excluding hydrogens is 356 g/mol. The molecular formula is C19H17ClN2O4. The van der Waals surface area contributed by atoms with E-state index in [-0.39, 0.29) is 18.6 Å². The topological polar surface area (TPSA) is 67.9 Å². The number of carbonyl (C=O) groups is 2. The van der Waals surface area contributed by atoms with Crippen molar-refractivity contribution in [2.45, 2.75) is 18.9 Å². The van der Waals surface area contributed by atoms with Crippen molar-refractivity contribution in [2.75, 3.05) is 18.7 Å². The van der Waals surface area contributed by atoms with Gasteiger partial charge in [0.05, 0.1) is 0 Å². The van der Waals surface area contributed by atoms with Crippen LogP contribution in [-0.4, -0.2) is 36.1 Å². The molecule has 0 aliphatic carbocycles. The number of halogens is 1. The molecule has 4 rings (SSSR count). The first-order valence-corrected chi connectivity index (χ1v) is 8.77. The van der Waals surface area contributed by atoms with E-state index < -0.39 is 6.04 Å². The number of nitrogens with zero attached hydrogens (tertiary/aromatic N) is 1. The molecule has 2 aliphatic heterocycles. The molecule has 1 fully saturated rings. The van der Waals surface area contributed by atoms with Crippen LogP contribution in [0.1, 0.15) is 23.2 Å². The average Bonchev–Trinajstić information content (AvgIpc) is 3.31. The molecule has 0 bridgehead atoms. The Morgan fingerprint density at radius 2 is 1.85 bits per heavy atom. The van der Waals surface area contributed by atoms with E-state index in [0.29, 0.717) is 40.7 Å². The Kier molecular flexibility index (Phi) is 4.42. The van der Waals surface area contributed by atoms with E-state index in [1.54, 1.807) is 47.4 Å². The lowest BCUT2D eigenvalue weighted by Gasteiger charge is -2.24. The number of carbonyl (C=O) groups excluding carboxylic acids is 2. The van der Waals surface area contributed by atoms with E-state index in [0.717, 1.165) is 6.42 Å². The van der Waals surface area contributed by atoms with Gasteiger partial charge in [0.15, 0.2) is 11.5 Å². The maximum atomic E-state index is 12.9. The van der Waals surface area contributed by atoms with Crippen molar-refractivity contribution in [2.24, 2.45) is 0 Å². The van der Waals surface area contributed by atoms with E-state index in [1.165, 1.54) is 0 Å². The van der Waals surface area contributed by atoms with E-state index in [1.807, 2.05) is 0 Å². The molecule has 0 spiro atoms. The number of nitrogens with one attached hydrogen (secondary N) is 1. The second-order valence-electron chi connectivity index (χ2n) is 6.22. The van der Waals surface area contributed by atoms with Crippen LogP contribution in [0.25, 0.3) is 0 Å². The molecule has 0 aromatic heterocycles. The van der Waals surface area contributed by atoms with Crippen molar-refractivity contribution in [1.82, 2.24) is 4.90 Å². The summed E-state index contributed by atoms with van der Waals surface area (Å²) in [5.41, 5.74) is 1.14. The lowest BCUT2D eigenvalue weighted by atomic mass is 10.1. The number of hydrogen-bond donors (Lipinski definition) is 1. The summed E-state index contributed by atoms with van der Waals surface area (Å²) in [6.45, 7) is 0.703. The second-order valence-corrected chi connectivity index (χ2v) is 6.66. The Hall–Kier alpha value is -2.73. The van der Waals surface area contributed by atoms with Gasteiger partial charge in [-0.3, -0.25) is 9.59 Å². The lowest BCUT2D eigenvalue weighted by Crippen LogP contribution is -2.43. The minimum Gasteiger partial charge on any atom is -0.454 e. The summed E-state index contributed by atoms with van der Waals surface area (Å²) in [6.07, 6.45) is 1.42. The third kappa shape index (κ3) is 3.20. The van der Waals surface area contributed by atoms with Crippen molar-refractivity contribution in [3.8, 4) is 11.5 Å². The zero-order valence-corrected chi connectivity index (χ0v) is 14.7. The molecule has 0 saturated carbocycles. The van der Waals surface area contributed by atoms with Gasteiger partial charge in [0.25, 0.3) is 5.91 Å². The quantitative estimate of drug-likeness (QED) is 0.897. The van der Waals surface area contributed by atoms with Crippen LogP contribution in [0.4, 0.5) is 5.69 Å². The van der Waals surface area contributed by atoms with Crippen molar-refractivity contribution in [3.63, 3.8) is 0 Å². The second kappa shape index (κ2) is 6.88. The monoisotopic (exact) mass is 372 g/mol. The van der Waals surface area contributed by atoms with Crippen LogP contribution in [0.2, 0.25) is 5.02 Å².